The average molecular weight is 991 g/mol. The van der Waals surface area contributed by atoms with E-state index in [0.717, 1.165) is 0 Å². The van der Waals surface area contributed by atoms with Crippen molar-refractivity contribution in [3.05, 3.63) is 211 Å². The number of fused-ring (bicyclic) bond motifs is 6. The molecule has 0 aliphatic rings. The van der Waals surface area contributed by atoms with Gasteiger partial charge < -0.3 is 0 Å². The average Bonchev–Trinajstić information content (AvgIpc) is 3.68. The Morgan fingerprint density at radius 2 is 0.487 bits per heavy atom. The number of nitrogens with zero attached hydrogens (tertiary/aromatic N) is 18. The zero-order valence-corrected chi connectivity index (χ0v) is 39.4. The van der Waals surface area contributed by atoms with Gasteiger partial charge in [-0.2, -0.15) is 31.6 Å². The second kappa shape index (κ2) is 19.6. The minimum Gasteiger partial charge on any atom is -0.250 e. The molecule has 18 nitrogen and oxygen atoms in total. The first-order chi connectivity index (χ1) is 38.1. The van der Waals surface area contributed by atoms with E-state index in [4.69, 9.17) is 69.3 Å². The molecule has 3 heterocycles. The van der Waals surface area contributed by atoms with Gasteiger partial charge in [0.05, 0.1) is 119 Å². The van der Waals surface area contributed by atoms with Crippen LogP contribution in [0.4, 0.5) is 34.1 Å². The third kappa shape index (κ3) is 7.93. The van der Waals surface area contributed by atoms with Crippen LogP contribution in [0.2, 0.25) is 0 Å². The number of nitriles is 6. The van der Waals surface area contributed by atoms with Gasteiger partial charge in [-0.25, -0.2) is 39.6 Å². The molecule has 0 N–H and O–H groups in total. The molecule has 0 aliphatic carbocycles. The van der Waals surface area contributed by atoms with E-state index in [1.54, 1.807) is 36.4 Å². The number of rotatable bonds is 6. The Kier molecular flexibility index (Phi) is 12.1. The van der Waals surface area contributed by atoms with E-state index in [-0.39, 0.29) is 135 Å². The van der Waals surface area contributed by atoms with Crippen LogP contribution in [-0.4, -0.2) is 29.9 Å². The van der Waals surface area contributed by atoms with Gasteiger partial charge in [-0.15, -0.1) is 0 Å². The van der Waals surface area contributed by atoms with Crippen LogP contribution < -0.4 is 0 Å². The maximum absolute atomic E-state index is 10.2. The lowest BCUT2D eigenvalue weighted by atomic mass is 9.97. The van der Waals surface area contributed by atoms with Crippen LogP contribution in [0.3, 0.4) is 0 Å². The maximum Gasteiger partial charge on any atom is 0.205 e. The van der Waals surface area contributed by atoms with Crippen molar-refractivity contribution in [2.24, 2.45) is 0 Å². The predicted molar refractivity (Wildman–Crippen MR) is 284 cm³/mol. The SMILES string of the molecule is [C-]#[N+]c1ccc(-c2nc3c4nc(-c5ccc(C#N)c([N+]#[C-])c5)c(-c5ccc(C#N)c(C#N)c5)nc4c4nc(-c5ccc(C#N)c(C#N)c5)c(-c5ccc([N+]#[C-])c([N+]#[C-])c5)nc4c3nc2-c2ccc([N+]#[C-])c([N+]#[C-])c2)cc1C#N. The third-order valence-corrected chi connectivity index (χ3v) is 12.4. The molecule has 10 aromatic rings. The molecule has 0 aliphatic heterocycles. The topological polar surface area (TPSA) is 246 Å². The minimum atomic E-state index is -0.0114. The van der Waals surface area contributed by atoms with Crippen LogP contribution in [0.25, 0.3) is 130 Å². The van der Waals surface area contributed by atoms with Gasteiger partial charge in [0, 0.05) is 16.7 Å². The van der Waals surface area contributed by atoms with E-state index in [0.29, 0.717) is 33.4 Å². The number of benzene rings is 7. The highest BCUT2D eigenvalue weighted by Gasteiger charge is 2.27. The van der Waals surface area contributed by atoms with Gasteiger partial charge in [0.25, 0.3) is 0 Å². The monoisotopic (exact) mass is 990 g/mol. The third-order valence-electron chi connectivity index (χ3n) is 12.4. The summed E-state index contributed by atoms with van der Waals surface area (Å²) >= 11 is 0. The summed E-state index contributed by atoms with van der Waals surface area (Å²) in [5.41, 5.74) is 3.14. The number of hydrogen-bond acceptors (Lipinski definition) is 12. The summed E-state index contributed by atoms with van der Waals surface area (Å²) in [7, 11) is 0. The van der Waals surface area contributed by atoms with E-state index < -0.39 is 0 Å². The van der Waals surface area contributed by atoms with Crippen molar-refractivity contribution >= 4 is 67.2 Å². The Balaban J connectivity index is 1.48. The second-order valence-corrected chi connectivity index (χ2v) is 16.6. The Morgan fingerprint density at radius 1 is 0.244 bits per heavy atom. The van der Waals surface area contributed by atoms with Crippen molar-refractivity contribution in [3.8, 4) is 104 Å². The highest BCUT2D eigenvalue weighted by Crippen LogP contribution is 2.45. The standard InChI is InChI=1S/C60H18N18/c1-67-43-16-13-33(21-42(43)30-66)51-54(36-15-18-45(69-3)48(24-36)72-6)78-60-57(75-51)58-55(73-49(31-7-10-37(25-61)40(19-31)28-64)52(76-58)34-9-12-39(27-63)46(22-34)70-4)56-59(60)77-53(35-14-17-44(68-2)47(23-35)71-5)50(74-56)32-8-11-38(26-62)41(20-32)29-65/h7-24H. The summed E-state index contributed by atoms with van der Waals surface area (Å²) in [5.74, 6) is 0. The van der Waals surface area contributed by atoms with Crippen LogP contribution in [-0.2, 0) is 0 Å². The fourth-order valence-corrected chi connectivity index (χ4v) is 8.71. The first-order valence-electron chi connectivity index (χ1n) is 22.4. The van der Waals surface area contributed by atoms with Gasteiger partial charge in [-0.05, 0) is 53.1 Å². The lowest BCUT2D eigenvalue weighted by Gasteiger charge is -2.18. The molecule has 78 heavy (non-hydrogen) atoms. The van der Waals surface area contributed by atoms with Crippen LogP contribution in [0.15, 0.2) is 109 Å². The molecule has 7 aromatic carbocycles. The van der Waals surface area contributed by atoms with E-state index in [2.05, 4.69) is 47.3 Å². The van der Waals surface area contributed by atoms with Gasteiger partial charge in [-0.1, -0.05) is 72.8 Å². The van der Waals surface area contributed by atoms with Gasteiger partial charge in [0.2, 0.25) is 11.4 Å². The number of aromatic nitrogens is 6. The Hall–Kier alpha value is -13.6. The van der Waals surface area contributed by atoms with E-state index in [1.165, 1.54) is 72.8 Å². The van der Waals surface area contributed by atoms with Crippen molar-refractivity contribution in [3.63, 3.8) is 0 Å². The Labute approximate surface area is 441 Å². The molecule has 0 amide bonds. The highest BCUT2D eigenvalue weighted by atomic mass is 14.9. The second-order valence-electron chi connectivity index (χ2n) is 16.6. The summed E-state index contributed by atoms with van der Waals surface area (Å²) in [6, 6.07) is 39.2. The highest BCUT2D eigenvalue weighted by molar-refractivity contribution is 6.20. The van der Waals surface area contributed by atoms with Crippen molar-refractivity contribution in [1.29, 1.82) is 31.6 Å². The maximum atomic E-state index is 10.2. The smallest absolute Gasteiger partial charge is 0.205 e. The van der Waals surface area contributed by atoms with Crippen LogP contribution >= 0.6 is 0 Å². The molecule has 0 bridgehead atoms. The first kappa shape index (κ1) is 48.1. The fraction of sp³-hybridized carbons (Fsp3) is 0. The zero-order valence-electron chi connectivity index (χ0n) is 39.4. The minimum absolute atomic E-state index is 0.00396. The van der Waals surface area contributed by atoms with Gasteiger partial charge in [-0.3, -0.25) is 19.4 Å². The van der Waals surface area contributed by atoms with Gasteiger partial charge >= 0.3 is 0 Å². The van der Waals surface area contributed by atoms with Gasteiger partial charge in [0.15, 0.2) is 22.7 Å². The van der Waals surface area contributed by atoms with Crippen molar-refractivity contribution in [1.82, 2.24) is 29.9 Å². The summed E-state index contributed by atoms with van der Waals surface area (Å²) in [6.07, 6.45) is 0. The molecule has 0 spiro atoms. The first-order valence-corrected chi connectivity index (χ1v) is 22.4. The van der Waals surface area contributed by atoms with Gasteiger partial charge in [0.1, 0.15) is 57.4 Å². The normalized spacial score (nSPS) is 10.2. The molecule has 10 rings (SSSR count). The molecule has 0 atom stereocenters. The molecular weight excluding hydrogens is 973 g/mol. The molecular formula is C60H18N18. The van der Waals surface area contributed by atoms with Crippen molar-refractivity contribution < 1.29 is 0 Å². The van der Waals surface area contributed by atoms with E-state index in [9.17, 15) is 31.6 Å². The molecule has 0 unspecified atom stereocenters. The summed E-state index contributed by atoms with van der Waals surface area (Å²) < 4.78 is 0. The lowest BCUT2D eigenvalue weighted by molar-refractivity contribution is 1.24. The van der Waals surface area contributed by atoms with E-state index >= 15 is 0 Å². The van der Waals surface area contributed by atoms with Crippen LogP contribution in [0, 0.1) is 107 Å². The van der Waals surface area contributed by atoms with Crippen LogP contribution in [0.1, 0.15) is 33.4 Å². The molecule has 0 saturated heterocycles. The zero-order chi connectivity index (χ0) is 54.8. The quantitative estimate of drug-likeness (QED) is 0.111. The molecule has 0 fully saturated rings. The summed E-state index contributed by atoms with van der Waals surface area (Å²) in [5, 5.41) is 60.5. The summed E-state index contributed by atoms with van der Waals surface area (Å²) in [6.45, 7) is 47.1. The fourth-order valence-electron chi connectivity index (χ4n) is 8.71. The van der Waals surface area contributed by atoms with E-state index in [1.807, 2.05) is 18.2 Å². The molecule has 348 valence electrons. The summed E-state index contributed by atoms with van der Waals surface area (Å²) in [4.78, 5) is 53.0. The largest absolute Gasteiger partial charge is 0.250 e. The molecule has 0 saturated carbocycles. The van der Waals surface area contributed by atoms with Crippen LogP contribution in [0.5, 0.6) is 0 Å². The number of hydrogen-bond donors (Lipinski definition) is 0. The van der Waals surface area contributed by atoms with Crippen molar-refractivity contribution in [2.45, 2.75) is 0 Å². The Morgan fingerprint density at radius 3 is 0.782 bits per heavy atom. The lowest BCUT2D eigenvalue weighted by Crippen LogP contribution is -2.05. The van der Waals surface area contributed by atoms with Crippen molar-refractivity contribution in [2.75, 3.05) is 0 Å². The Bertz CT molecular complexity index is 4130. The predicted octanol–water partition coefficient (Wildman–Crippen LogP) is 14.1. The molecule has 18 heteroatoms. The molecule has 3 aromatic heterocycles. The molecule has 0 radical (unpaired) electrons.